The van der Waals surface area contributed by atoms with Crippen molar-refractivity contribution < 1.29 is 23.9 Å². The smallest absolute Gasteiger partial charge is 0.294 e. The van der Waals surface area contributed by atoms with E-state index in [4.69, 9.17) is 21.1 Å². The van der Waals surface area contributed by atoms with E-state index in [9.17, 15) is 14.4 Å². The first-order chi connectivity index (χ1) is 13.9. The predicted octanol–water partition coefficient (Wildman–Crippen LogP) is 4.05. The van der Waals surface area contributed by atoms with Crippen molar-refractivity contribution in [3.63, 3.8) is 0 Å². The number of thioether (sulfide) groups is 1. The molecule has 148 valence electrons. The Morgan fingerprint density at radius 2 is 1.90 bits per heavy atom. The summed E-state index contributed by atoms with van der Waals surface area (Å²) in [5.74, 6) is 0.0247. The van der Waals surface area contributed by atoms with Crippen molar-refractivity contribution in [2.24, 2.45) is 0 Å². The van der Waals surface area contributed by atoms with Gasteiger partial charge in [-0.2, -0.15) is 0 Å². The number of carbonyl (C=O) groups is 3. The monoisotopic (exact) mass is 430 g/mol. The van der Waals surface area contributed by atoms with Crippen LogP contribution in [-0.4, -0.2) is 35.3 Å². The van der Waals surface area contributed by atoms with Gasteiger partial charge in [-0.15, -0.1) is 0 Å². The van der Waals surface area contributed by atoms with Crippen molar-refractivity contribution >= 4 is 52.2 Å². The molecule has 2 aliphatic heterocycles. The van der Waals surface area contributed by atoms with Crippen LogP contribution in [0.25, 0.3) is 6.08 Å². The van der Waals surface area contributed by atoms with Crippen LogP contribution in [0.5, 0.6) is 11.5 Å². The van der Waals surface area contributed by atoms with Crippen LogP contribution in [0.3, 0.4) is 0 Å². The molecule has 2 aromatic carbocycles. The standard InChI is InChI=1S/C20H15ClN2O5S/c1-11-2-4-13(5-3-11)22-18(24)9-23-19(25)17(29-20(23)26)7-12-6-15-16(8-14(12)21)28-10-27-15/h2-8H,9-10H2,1H3,(H,22,24). The first kappa shape index (κ1) is 19.4. The highest BCUT2D eigenvalue weighted by atomic mass is 35.5. The van der Waals surface area contributed by atoms with Crippen molar-refractivity contribution in [3.8, 4) is 11.5 Å². The second-order valence-corrected chi connectivity index (χ2v) is 7.81. The number of ether oxygens (including phenoxy) is 2. The van der Waals surface area contributed by atoms with Gasteiger partial charge in [-0.1, -0.05) is 29.3 Å². The maximum atomic E-state index is 12.6. The summed E-state index contributed by atoms with van der Waals surface area (Å²) in [7, 11) is 0. The third-order valence-electron chi connectivity index (χ3n) is 4.29. The molecule has 7 nitrogen and oxygen atoms in total. The molecule has 1 saturated heterocycles. The van der Waals surface area contributed by atoms with Gasteiger partial charge >= 0.3 is 0 Å². The first-order valence-corrected chi connectivity index (χ1v) is 9.81. The molecule has 0 bridgehead atoms. The predicted molar refractivity (Wildman–Crippen MR) is 110 cm³/mol. The van der Waals surface area contributed by atoms with Crippen molar-refractivity contribution in [3.05, 3.63) is 57.5 Å². The minimum absolute atomic E-state index is 0.0989. The van der Waals surface area contributed by atoms with Crippen LogP contribution in [0, 0.1) is 6.92 Å². The zero-order valence-corrected chi connectivity index (χ0v) is 16.8. The molecular formula is C20H15ClN2O5S. The van der Waals surface area contributed by atoms with Crippen LogP contribution >= 0.6 is 23.4 Å². The summed E-state index contributed by atoms with van der Waals surface area (Å²) >= 11 is 6.99. The lowest BCUT2D eigenvalue weighted by molar-refractivity contribution is -0.127. The van der Waals surface area contributed by atoms with E-state index in [1.54, 1.807) is 24.3 Å². The number of aryl methyl sites for hydroxylation is 1. The summed E-state index contributed by atoms with van der Waals surface area (Å²) in [4.78, 5) is 38.2. The van der Waals surface area contributed by atoms with Gasteiger partial charge in [-0.05, 0) is 48.5 Å². The Hall–Kier alpha value is -2.97. The molecule has 0 spiro atoms. The molecule has 0 unspecified atom stereocenters. The molecule has 1 fully saturated rings. The average Bonchev–Trinajstić information content (AvgIpc) is 3.23. The van der Waals surface area contributed by atoms with Crippen molar-refractivity contribution in [1.29, 1.82) is 0 Å². The van der Waals surface area contributed by atoms with Crippen LogP contribution < -0.4 is 14.8 Å². The van der Waals surface area contributed by atoms with Gasteiger partial charge in [0, 0.05) is 11.8 Å². The van der Waals surface area contributed by atoms with Gasteiger partial charge in [-0.25, -0.2) is 0 Å². The van der Waals surface area contributed by atoms with E-state index in [-0.39, 0.29) is 18.2 Å². The summed E-state index contributed by atoms with van der Waals surface area (Å²) in [5.41, 5.74) is 2.17. The highest BCUT2D eigenvalue weighted by Gasteiger charge is 2.36. The molecule has 0 aromatic heterocycles. The number of halogens is 1. The molecule has 29 heavy (non-hydrogen) atoms. The number of nitrogens with zero attached hydrogens (tertiary/aromatic N) is 1. The van der Waals surface area contributed by atoms with E-state index in [0.717, 1.165) is 22.2 Å². The number of amides is 3. The van der Waals surface area contributed by atoms with Crippen molar-refractivity contribution in [2.45, 2.75) is 6.92 Å². The molecule has 2 heterocycles. The molecule has 2 aromatic rings. The lowest BCUT2D eigenvalue weighted by Crippen LogP contribution is -2.36. The van der Waals surface area contributed by atoms with Gasteiger partial charge in [0.2, 0.25) is 12.7 Å². The number of nitrogens with one attached hydrogen (secondary N) is 1. The van der Waals surface area contributed by atoms with E-state index < -0.39 is 17.1 Å². The highest BCUT2D eigenvalue weighted by molar-refractivity contribution is 8.18. The second kappa shape index (κ2) is 7.81. The molecular weight excluding hydrogens is 416 g/mol. The topological polar surface area (TPSA) is 84.9 Å². The Balaban J connectivity index is 1.48. The molecule has 0 radical (unpaired) electrons. The van der Waals surface area contributed by atoms with Crippen molar-refractivity contribution in [2.75, 3.05) is 18.7 Å². The number of anilines is 1. The Labute approximate surface area is 175 Å². The number of benzene rings is 2. The van der Waals surface area contributed by atoms with Gasteiger partial charge < -0.3 is 14.8 Å². The lowest BCUT2D eigenvalue weighted by Gasteiger charge is -2.12. The Morgan fingerprint density at radius 3 is 2.62 bits per heavy atom. The van der Waals surface area contributed by atoms with Crippen molar-refractivity contribution in [1.82, 2.24) is 4.90 Å². The Kier molecular flexibility index (Phi) is 5.21. The largest absolute Gasteiger partial charge is 0.454 e. The van der Waals surface area contributed by atoms with Crippen LogP contribution in [0.1, 0.15) is 11.1 Å². The highest BCUT2D eigenvalue weighted by Crippen LogP contribution is 2.39. The van der Waals surface area contributed by atoms with Gasteiger partial charge in [0.1, 0.15) is 6.54 Å². The molecule has 9 heteroatoms. The van der Waals surface area contributed by atoms with Gasteiger partial charge in [-0.3, -0.25) is 19.3 Å². The second-order valence-electron chi connectivity index (χ2n) is 6.41. The maximum Gasteiger partial charge on any atom is 0.294 e. The molecule has 0 saturated carbocycles. The van der Waals surface area contributed by atoms with E-state index in [0.29, 0.717) is 27.8 Å². The Bertz CT molecular complexity index is 1050. The van der Waals surface area contributed by atoms with Gasteiger partial charge in [0.15, 0.2) is 11.5 Å². The van der Waals surface area contributed by atoms with Crippen LogP contribution in [0.4, 0.5) is 10.5 Å². The fourth-order valence-electron chi connectivity index (χ4n) is 2.80. The fraction of sp³-hybridized carbons (Fsp3) is 0.150. The molecule has 4 rings (SSSR count). The molecule has 3 amide bonds. The zero-order chi connectivity index (χ0) is 20.5. The zero-order valence-electron chi connectivity index (χ0n) is 15.2. The molecule has 1 N–H and O–H groups in total. The van der Waals surface area contributed by atoms with Gasteiger partial charge in [0.05, 0.1) is 9.93 Å². The Morgan fingerprint density at radius 1 is 1.21 bits per heavy atom. The number of hydrogen-bond donors (Lipinski definition) is 1. The van der Waals surface area contributed by atoms with E-state index in [2.05, 4.69) is 5.32 Å². The third kappa shape index (κ3) is 4.08. The average molecular weight is 431 g/mol. The number of fused-ring (bicyclic) bond motifs is 1. The van der Waals surface area contributed by atoms with Crippen LogP contribution in [0.2, 0.25) is 5.02 Å². The summed E-state index contributed by atoms with van der Waals surface area (Å²) < 4.78 is 10.6. The quantitative estimate of drug-likeness (QED) is 0.736. The lowest BCUT2D eigenvalue weighted by atomic mass is 10.2. The number of imide groups is 1. The fourth-order valence-corrected chi connectivity index (χ4v) is 3.84. The van der Waals surface area contributed by atoms with E-state index in [1.807, 2.05) is 19.1 Å². The normalized spacial score (nSPS) is 16.6. The SMILES string of the molecule is Cc1ccc(NC(=O)CN2C(=O)SC(=Cc3cc4c(cc3Cl)OCO4)C2=O)cc1. The first-order valence-electron chi connectivity index (χ1n) is 8.62. The van der Waals surface area contributed by atoms with E-state index >= 15 is 0 Å². The minimum Gasteiger partial charge on any atom is -0.454 e. The maximum absolute atomic E-state index is 12.6. The molecule has 0 atom stereocenters. The summed E-state index contributed by atoms with van der Waals surface area (Å²) in [6, 6.07) is 10.4. The summed E-state index contributed by atoms with van der Waals surface area (Å²) in [6.07, 6.45) is 1.51. The summed E-state index contributed by atoms with van der Waals surface area (Å²) in [5, 5.41) is 2.52. The number of rotatable bonds is 4. The van der Waals surface area contributed by atoms with Gasteiger partial charge in [0.25, 0.3) is 11.1 Å². The number of carbonyl (C=O) groups excluding carboxylic acids is 3. The molecule has 2 aliphatic rings. The third-order valence-corrected chi connectivity index (χ3v) is 5.52. The summed E-state index contributed by atoms with van der Waals surface area (Å²) in [6.45, 7) is 1.66. The van der Waals surface area contributed by atoms with E-state index in [1.165, 1.54) is 6.08 Å². The molecule has 0 aliphatic carbocycles. The minimum atomic E-state index is -0.548. The van der Waals surface area contributed by atoms with Crippen LogP contribution in [-0.2, 0) is 9.59 Å². The number of hydrogen-bond acceptors (Lipinski definition) is 6. The van der Waals surface area contributed by atoms with Crippen LogP contribution in [0.15, 0.2) is 41.3 Å².